The van der Waals surface area contributed by atoms with Crippen LogP contribution < -0.4 is 10.6 Å². The second-order valence-electron chi connectivity index (χ2n) is 7.85. The number of hydrogen-bond acceptors (Lipinski definition) is 10. The highest BCUT2D eigenvalue weighted by molar-refractivity contribution is 9.10. The van der Waals surface area contributed by atoms with Gasteiger partial charge in [-0.1, -0.05) is 11.6 Å². The molecule has 5 rings (SSSR count). The summed E-state index contributed by atoms with van der Waals surface area (Å²) in [4.78, 5) is 34.4. The SMILES string of the molecule is [2H]C([2H])([2H])NC(=O)[C@H]1O[C@@H](n2cnc3c(NCc4ccc(Br)cn4)nc(-c4cncc(Cl)c4)nc32)[C@H](O)[C@@H]1O. The van der Waals surface area contributed by atoms with E-state index in [1.54, 1.807) is 17.6 Å². The van der Waals surface area contributed by atoms with Gasteiger partial charge in [0.2, 0.25) is 0 Å². The average Bonchev–Trinajstić information content (AvgIpc) is 3.43. The Bertz CT molecular complexity index is 1520. The van der Waals surface area contributed by atoms with Gasteiger partial charge in [0.25, 0.3) is 5.91 Å². The average molecular weight is 579 g/mol. The van der Waals surface area contributed by atoms with Crippen LogP contribution in [0.4, 0.5) is 5.82 Å². The maximum atomic E-state index is 12.4. The van der Waals surface area contributed by atoms with Crippen LogP contribution in [0, 0.1) is 0 Å². The zero-order valence-corrected chi connectivity index (χ0v) is 20.6. The van der Waals surface area contributed by atoms with Crippen molar-refractivity contribution in [2.75, 3.05) is 12.3 Å². The Balaban J connectivity index is 1.53. The molecule has 0 aliphatic carbocycles. The molecule has 1 saturated heterocycles. The minimum atomic E-state index is -2.80. The number of fused-ring (bicyclic) bond motifs is 1. The van der Waals surface area contributed by atoms with E-state index >= 15 is 0 Å². The predicted octanol–water partition coefficient (Wildman–Crippen LogP) is 1.68. The minimum absolute atomic E-state index is 0.194. The summed E-state index contributed by atoms with van der Waals surface area (Å²) >= 11 is 9.48. The quantitative estimate of drug-likeness (QED) is 0.265. The van der Waals surface area contributed by atoms with E-state index in [0.717, 1.165) is 10.2 Å². The van der Waals surface area contributed by atoms with Crippen LogP contribution in [0.25, 0.3) is 22.6 Å². The molecule has 1 fully saturated rings. The third-order valence-electron chi connectivity index (χ3n) is 5.50. The van der Waals surface area contributed by atoms with E-state index in [-0.39, 0.29) is 18.0 Å². The molecule has 0 saturated carbocycles. The number of pyridine rings is 2. The van der Waals surface area contributed by atoms with Crippen LogP contribution in [0.5, 0.6) is 0 Å². The molecule has 1 aliphatic rings. The largest absolute Gasteiger partial charge is 0.387 e. The van der Waals surface area contributed by atoms with Crippen LogP contribution in [0.1, 0.15) is 16.0 Å². The molecule has 4 aromatic heterocycles. The molecule has 4 N–H and O–H groups in total. The summed E-state index contributed by atoms with van der Waals surface area (Å²) in [6.45, 7) is -2.51. The van der Waals surface area contributed by atoms with E-state index in [0.29, 0.717) is 21.9 Å². The van der Waals surface area contributed by atoms with Crippen molar-refractivity contribution in [3.63, 3.8) is 0 Å². The molecule has 4 atom stereocenters. The second-order valence-corrected chi connectivity index (χ2v) is 9.20. The summed E-state index contributed by atoms with van der Waals surface area (Å²) in [6, 6.07) is 5.29. The van der Waals surface area contributed by atoms with Gasteiger partial charge in [-0.25, -0.2) is 15.0 Å². The number of imidazole rings is 1. The monoisotopic (exact) mass is 577 g/mol. The van der Waals surface area contributed by atoms with Gasteiger partial charge in [0, 0.05) is 39.7 Å². The fourth-order valence-electron chi connectivity index (χ4n) is 3.75. The third kappa shape index (κ3) is 4.63. The van der Waals surface area contributed by atoms with E-state index in [4.69, 9.17) is 20.5 Å². The molecule has 12 nitrogen and oxygen atoms in total. The predicted molar refractivity (Wildman–Crippen MR) is 133 cm³/mol. The summed E-state index contributed by atoms with van der Waals surface area (Å²) in [5, 5.41) is 26.5. The molecule has 0 bridgehead atoms. The topological polar surface area (TPSA) is 160 Å². The number of aliphatic hydroxyl groups excluding tert-OH is 2. The van der Waals surface area contributed by atoms with Crippen LogP contribution in [-0.4, -0.2) is 70.9 Å². The summed E-state index contributed by atoms with van der Waals surface area (Å²) in [7, 11) is 0. The zero-order chi connectivity index (χ0) is 27.9. The Morgan fingerprint density at radius 2 is 2.11 bits per heavy atom. The zero-order valence-electron chi connectivity index (χ0n) is 21.2. The van der Waals surface area contributed by atoms with Gasteiger partial charge < -0.3 is 25.6 Å². The molecule has 0 radical (unpaired) electrons. The van der Waals surface area contributed by atoms with Gasteiger partial charge in [-0.3, -0.25) is 19.3 Å². The molecule has 1 aliphatic heterocycles. The third-order valence-corrected chi connectivity index (χ3v) is 6.18. The normalized spacial score (nSPS) is 23.2. The van der Waals surface area contributed by atoms with E-state index < -0.39 is 37.4 Å². The number of hydrogen-bond donors (Lipinski definition) is 4. The van der Waals surface area contributed by atoms with Gasteiger partial charge in [-0.05, 0) is 34.1 Å². The highest BCUT2D eigenvalue weighted by Crippen LogP contribution is 2.33. The van der Waals surface area contributed by atoms with E-state index in [1.165, 1.54) is 23.3 Å². The number of ether oxygens (including phenoxy) is 1. The number of carbonyl (C=O) groups is 1. The lowest BCUT2D eigenvalue weighted by molar-refractivity contribution is -0.137. The number of carbonyl (C=O) groups excluding carboxylic acids is 1. The lowest BCUT2D eigenvalue weighted by Gasteiger charge is -2.17. The Morgan fingerprint density at radius 1 is 1.25 bits per heavy atom. The van der Waals surface area contributed by atoms with Crippen LogP contribution in [0.15, 0.2) is 47.6 Å². The van der Waals surface area contributed by atoms with Gasteiger partial charge in [0.15, 0.2) is 35.1 Å². The first kappa shape index (κ1) is 20.9. The number of nitrogens with zero attached hydrogens (tertiary/aromatic N) is 6. The smallest absolute Gasteiger partial charge is 0.251 e. The van der Waals surface area contributed by atoms with Gasteiger partial charge in [0.05, 0.1) is 23.6 Å². The minimum Gasteiger partial charge on any atom is -0.387 e. The number of likely N-dealkylation sites (N-methyl/N-ethyl adjacent to an activating group) is 1. The first-order chi connectivity index (χ1) is 18.5. The highest BCUT2D eigenvalue weighted by Gasteiger charge is 2.47. The number of aromatic nitrogens is 6. The van der Waals surface area contributed by atoms with Crippen LogP contribution >= 0.6 is 27.5 Å². The van der Waals surface area contributed by atoms with Gasteiger partial charge in [0.1, 0.15) is 12.2 Å². The van der Waals surface area contributed by atoms with Crippen LogP contribution in [0.3, 0.4) is 0 Å². The van der Waals surface area contributed by atoms with Crippen molar-refractivity contribution in [1.29, 1.82) is 0 Å². The van der Waals surface area contributed by atoms with E-state index in [2.05, 4.69) is 46.2 Å². The first-order valence-electron chi connectivity index (χ1n) is 12.0. The Labute approximate surface area is 222 Å². The molecule has 0 aromatic carbocycles. The van der Waals surface area contributed by atoms with Gasteiger partial charge in [-0.15, -0.1) is 0 Å². The Morgan fingerprint density at radius 3 is 2.86 bits per heavy atom. The van der Waals surface area contributed by atoms with Crippen molar-refractivity contribution >= 4 is 50.4 Å². The van der Waals surface area contributed by atoms with E-state index in [9.17, 15) is 15.0 Å². The summed E-state index contributed by atoms with van der Waals surface area (Å²) < 4.78 is 29.5. The van der Waals surface area contributed by atoms with Crippen molar-refractivity contribution in [3.8, 4) is 11.4 Å². The van der Waals surface area contributed by atoms with Crippen molar-refractivity contribution in [2.24, 2.45) is 0 Å². The lowest BCUT2D eigenvalue weighted by Crippen LogP contribution is -2.41. The molecule has 14 heteroatoms. The lowest BCUT2D eigenvalue weighted by atomic mass is 10.1. The number of nitrogens with one attached hydrogen (secondary N) is 2. The van der Waals surface area contributed by atoms with Crippen LogP contribution in [-0.2, 0) is 16.1 Å². The number of aliphatic hydroxyl groups is 2. The first-order valence-corrected chi connectivity index (χ1v) is 11.7. The second kappa shape index (κ2) is 10.0. The molecule has 186 valence electrons. The summed E-state index contributed by atoms with van der Waals surface area (Å²) in [6.07, 6.45) is -0.339. The summed E-state index contributed by atoms with van der Waals surface area (Å²) in [5.41, 5.74) is 1.70. The van der Waals surface area contributed by atoms with Crippen molar-refractivity contribution < 1.29 is 23.9 Å². The fourth-order valence-corrected chi connectivity index (χ4v) is 4.16. The molecule has 1 amide bonds. The fraction of sp³-hybridized carbons (Fsp3) is 0.273. The summed E-state index contributed by atoms with van der Waals surface area (Å²) in [5.74, 6) is -0.559. The maximum absolute atomic E-state index is 12.4. The van der Waals surface area contributed by atoms with Gasteiger partial charge >= 0.3 is 0 Å². The van der Waals surface area contributed by atoms with Crippen molar-refractivity contribution in [2.45, 2.75) is 31.1 Å². The number of rotatable bonds is 6. The molecule has 4 aromatic rings. The highest BCUT2D eigenvalue weighted by atomic mass is 79.9. The molecule has 5 heterocycles. The van der Waals surface area contributed by atoms with Crippen molar-refractivity contribution in [3.05, 3.63) is 58.3 Å². The Kier molecular flexibility index (Phi) is 5.82. The maximum Gasteiger partial charge on any atom is 0.251 e. The molecule has 0 spiro atoms. The van der Waals surface area contributed by atoms with E-state index in [1.807, 2.05) is 12.1 Å². The molecule has 0 unspecified atom stereocenters. The number of anilines is 1. The number of halogens is 2. The molecule has 36 heavy (non-hydrogen) atoms. The number of amides is 1. The molecular formula is C22H20BrClN8O4. The Hall–Kier alpha value is -3.23. The van der Waals surface area contributed by atoms with Gasteiger partial charge in [-0.2, -0.15) is 0 Å². The van der Waals surface area contributed by atoms with Crippen molar-refractivity contribution in [1.82, 2.24) is 34.8 Å². The standard InChI is InChI=1S/C22H20BrClN8O4/c1-25-21(35)17-15(33)16(34)22(36-17)32-9-29-14-19(28-8-13-3-2-11(23)6-27-13)30-18(31-20(14)32)10-4-12(24)7-26-5-10/h2-7,9,15-17,22,33-34H,8H2,1H3,(H,25,35)(H,28,30,31)/t15-,16+,17-,22+/m0/s1/i1D3. The molecular weight excluding hydrogens is 556 g/mol. The van der Waals surface area contributed by atoms with Crippen LogP contribution in [0.2, 0.25) is 5.02 Å².